The van der Waals surface area contributed by atoms with E-state index < -0.39 is 5.54 Å². The lowest BCUT2D eigenvalue weighted by atomic mass is 9.81. The smallest absolute Gasteiger partial charge is 0.247 e. The Balaban J connectivity index is 0.00000204. The molecule has 3 aromatic rings. The van der Waals surface area contributed by atoms with Crippen LogP contribution in [0.2, 0.25) is 0 Å². The maximum Gasteiger partial charge on any atom is 0.247 e. The van der Waals surface area contributed by atoms with Gasteiger partial charge in [-0.05, 0) is 59.7 Å². The normalized spacial score (nSPS) is 22.4. The highest BCUT2D eigenvalue weighted by Gasteiger charge is 2.51. The number of piperidine rings is 1. The first kappa shape index (κ1) is 20.3. The molecule has 0 aromatic heterocycles. The number of anilines is 1. The maximum atomic E-state index is 13.0. The fraction of sp³-hybridized carbons (Fsp3) is 0.346. The van der Waals surface area contributed by atoms with Crippen molar-refractivity contribution in [1.82, 2.24) is 10.2 Å². The van der Waals surface area contributed by atoms with Crippen molar-refractivity contribution < 1.29 is 4.79 Å². The van der Waals surface area contributed by atoms with E-state index >= 15 is 0 Å². The Bertz CT molecular complexity index is 1100. The summed E-state index contributed by atoms with van der Waals surface area (Å²) >= 11 is 0. The summed E-state index contributed by atoms with van der Waals surface area (Å²) < 4.78 is 0. The van der Waals surface area contributed by atoms with Gasteiger partial charge in [0.25, 0.3) is 0 Å². The molecule has 2 saturated heterocycles. The van der Waals surface area contributed by atoms with Crippen LogP contribution >= 0.6 is 12.4 Å². The summed E-state index contributed by atoms with van der Waals surface area (Å²) in [7, 11) is 0. The molecule has 160 valence electrons. The number of rotatable bonds is 2. The molecule has 5 heteroatoms. The van der Waals surface area contributed by atoms with Crippen LogP contribution in [0.15, 0.2) is 66.7 Å². The highest BCUT2D eigenvalue weighted by Crippen LogP contribution is 2.42. The van der Waals surface area contributed by atoms with E-state index in [4.69, 9.17) is 0 Å². The first-order valence-corrected chi connectivity index (χ1v) is 11.1. The standard InChI is InChI=1S/C26H27N3O.ClH/c30-25-26(29(18-27-25)21-9-2-1-3-10-21)14-16-28(17-15-26)23-13-12-20-7-4-6-19-8-5-11-22(23)24(19)20;/h1-11,23H,12-18H2,(H,27,30);1H. The number of halogens is 1. The SMILES string of the molecule is Cl.O=C1NCN(c2ccccc2)C12CCN(C1CCc3cccc4cccc1c34)CC2. The molecule has 3 aliphatic rings. The van der Waals surface area contributed by atoms with Crippen LogP contribution in [-0.4, -0.2) is 36.1 Å². The third-order valence-electron chi connectivity index (χ3n) is 7.54. The lowest BCUT2D eigenvalue weighted by Crippen LogP contribution is -2.56. The van der Waals surface area contributed by atoms with Gasteiger partial charge in [-0.1, -0.05) is 54.6 Å². The monoisotopic (exact) mass is 433 g/mol. The van der Waals surface area contributed by atoms with Crippen LogP contribution in [0.5, 0.6) is 0 Å². The van der Waals surface area contributed by atoms with E-state index in [1.807, 2.05) is 6.07 Å². The fourth-order valence-electron chi connectivity index (χ4n) is 6.00. The minimum Gasteiger partial charge on any atom is -0.339 e. The lowest BCUT2D eigenvalue weighted by molar-refractivity contribution is -0.125. The lowest BCUT2D eigenvalue weighted by Gasteiger charge is -2.46. The summed E-state index contributed by atoms with van der Waals surface area (Å²) in [5.74, 6) is 0.196. The van der Waals surface area contributed by atoms with Gasteiger partial charge in [-0.15, -0.1) is 12.4 Å². The van der Waals surface area contributed by atoms with Crippen LogP contribution in [-0.2, 0) is 11.2 Å². The second-order valence-electron chi connectivity index (χ2n) is 8.91. The number of amides is 1. The fourth-order valence-corrected chi connectivity index (χ4v) is 6.00. The Morgan fingerprint density at radius 1 is 0.903 bits per heavy atom. The molecule has 2 fully saturated rings. The Kier molecular flexibility index (Phi) is 5.15. The zero-order valence-corrected chi connectivity index (χ0v) is 18.4. The number of hydrogen-bond acceptors (Lipinski definition) is 3. The number of benzene rings is 3. The molecule has 0 bridgehead atoms. The number of carbonyl (C=O) groups is 1. The van der Waals surface area contributed by atoms with E-state index in [9.17, 15) is 4.79 Å². The van der Waals surface area contributed by atoms with E-state index in [2.05, 4.69) is 75.8 Å². The Labute approximate surface area is 189 Å². The van der Waals surface area contributed by atoms with Gasteiger partial charge in [-0.3, -0.25) is 9.69 Å². The molecule has 1 N–H and O–H groups in total. The first-order valence-electron chi connectivity index (χ1n) is 11.1. The topological polar surface area (TPSA) is 35.6 Å². The van der Waals surface area contributed by atoms with Gasteiger partial charge in [0, 0.05) is 24.8 Å². The predicted octanol–water partition coefficient (Wildman–Crippen LogP) is 4.68. The second kappa shape index (κ2) is 7.85. The average Bonchev–Trinajstić information content (AvgIpc) is 3.11. The van der Waals surface area contributed by atoms with Crippen LogP contribution in [0.4, 0.5) is 5.69 Å². The van der Waals surface area contributed by atoms with Crippen molar-refractivity contribution in [1.29, 1.82) is 0 Å². The maximum absolute atomic E-state index is 13.0. The summed E-state index contributed by atoms with van der Waals surface area (Å²) in [6, 6.07) is 24.3. The number of nitrogens with one attached hydrogen (secondary N) is 1. The summed E-state index contributed by atoms with van der Waals surface area (Å²) in [4.78, 5) is 17.9. The van der Waals surface area contributed by atoms with Gasteiger partial charge < -0.3 is 10.2 Å². The van der Waals surface area contributed by atoms with Gasteiger partial charge >= 0.3 is 0 Å². The van der Waals surface area contributed by atoms with Gasteiger partial charge in [0.15, 0.2) is 0 Å². The Morgan fingerprint density at radius 3 is 2.42 bits per heavy atom. The van der Waals surface area contributed by atoms with Gasteiger partial charge in [0.2, 0.25) is 5.91 Å². The quantitative estimate of drug-likeness (QED) is 0.637. The number of nitrogens with zero attached hydrogens (tertiary/aromatic N) is 2. The molecule has 31 heavy (non-hydrogen) atoms. The Hall–Kier alpha value is -2.56. The van der Waals surface area contributed by atoms with Gasteiger partial charge in [-0.25, -0.2) is 0 Å². The Morgan fingerprint density at radius 2 is 1.65 bits per heavy atom. The van der Waals surface area contributed by atoms with Crippen LogP contribution < -0.4 is 10.2 Å². The van der Waals surface area contributed by atoms with Crippen molar-refractivity contribution in [3.05, 3.63) is 77.9 Å². The largest absolute Gasteiger partial charge is 0.339 e. The van der Waals surface area contributed by atoms with E-state index in [1.165, 1.54) is 21.9 Å². The zero-order chi connectivity index (χ0) is 20.1. The average molecular weight is 434 g/mol. The van der Waals surface area contributed by atoms with Gasteiger partial charge in [0.1, 0.15) is 5.54 Å². The number of carbonyl (C=O) groups excluding carboxylic acids is 1. The first-order chi connectivity index (χ1) is 14.8. The molecule has 0 radical (unpaired) electrons. The third kappa shape index (κ3) is 3.12. The summed E-state index contributed by atoms with van der Waals surface area (Å²) in [6.07, 6.45) is 4.05. The van der Waals surface area contributed by atoms with Crippen molar-refractivity contribution in [2.75, 3.05) is 24.7 Å². The molecule has 1 atom stereocenters. The summed E-state index contributed by atoms with van der Waals surface area (Å²) in [6.45, 7) is 2.53. The molecule has 2 aliphatic heterocycles. The van der Waals surface area contributed by atoms with Crippen molar-refractivity contribution in [3.63, 3.8) is 0 Å². The number of hydrogen-bond donors (Lipinski definition) is 1. The van der Waals surface area contributed by atoms with Crippen LogP contribution in [0.1, 0.15) is 36.4 Å². The molecule has 1 amide bonds. The molecular weight excluding hydrogens is 406 g/mol. The predicted molar refractivity (Wildman–Crippen MR) is 128 cm³/mol. The van der Waals surface area contributed by atoms with Gasteiger partial charge in [-0.2, -0.15) is 0 Å². The highest BCUT2D eigenvalue weighted by molar-refractivity contribution is 5.93. The summed E-state index contributed by atoms with van der Waals surface area (Å²) in [5, 5.41) is 5.94. The molecule has 1 aliphatic carbocycles. The van der Waals surface area contributed by atoms with Crippen molar-refractivity contribution >= 4 is 34.8 Å². The molecule has 4 nitrogen and oxygen atoms in total. The molecule has 6 rings (SSSR count). The van der Waals surface area contributed by atoms with Crippen LogP contribution in [0.3, 0.4) is 0 Å². The number of likely N-dealkylation sites (tertiary alicyclic amines) is 1. The zero-order valence-electron chi connectivity index (χ0n) is 17.6. The van der Waals surface area contributed by atoms with E-state index in [1.54, 1.807) is 0 Å². The molecule has 1 spiro atoms. The molecule has 3 aromatic carbocycles. The van der Waals surface area contributed by atoms with Crippen LogP contribution in [0, 0.1) is 0 Å². The van der Waals surface area contributed by atoms with Crippen LogP contribution in [0.25, 0.3) is 10.8 Å². The number of para-hydroxylation sites is 1. The summed E-state index contributed by atoms with van der Waals surface area (Å²) in [5.41, 5.74) is 3.69. The third-order valence-corrected chi connectivity index (χ3v) is 7.54. The van der Waals surface area contributed by atoms with E-state index in [0.717, 1.165) is 44.5 Å². The van der Waals surface area contributed by atoms with E-state index in [-0.39, 0.29) is 18.3 Å². The van der Waals surface area contributed by atoms with Crippen molar-refractivity contribution in [2.24, 2.45) is 0 Å². The highest BCUT2D eigenvalue weighted by atomic mass is 35.5. The molecule has 2 heterocycles. The van der Waals surface area contributed by atoms with E-state index in [0.29, 0.717) is 12.7 Å². The molecule has 0 saturated carbocycles. The second-order valence-corrected chi connectivity index (χ2v) is 8.91. The van der Waals surface area contributed by atoms with Crippen molar-refractivity contribution in [2.45, 2.75) is 37.3 Å². The molecule has 1 unspecified atom stereocenters. The van der Waals surface area contributed by atoms with Crippen molar-refractivity contribution in [3.8, 4) is 0 Å². The molecular formula is C26H28ClN3O. The number of aryl methyl sites for hydroxylation is 1. The minimum absolute atomic E-state index is 0. The van der Waals surface area contributed by atoms with Gasteiger partial charge in [0.05, 0.1) is 6.67 Å². The minimum atomic E-state index is -0.406.